The molecule has 3 aromatic carbocycles. The molecule has 1 heterocycles. The minimum absolute atomic E-state index is 0.00739. The number of amides is 2. The van der Waals surface area contributed by atoms with E-state index in [-0.39, 0.29) is 40.7 Å². The van der Waals surface area contributed by atoms with Gasteiger partial charge in [0, 0.05) is 18.1 Å². The van der Waals surface area contributed by atoms with Gasteiger partial charge in [-0.05, 0) is 47.7 Å². The van der Waals surface area contributed by atoms with Crippen LogP contribution in [0.4, 0.5) is 28.4 Å². The molecular formula is C28H23F4N3O3S. The molecule has 1 aliphatic rings. The third kappa shape index (κ3) is 6.19. The fourth-order valence-corrected chi connectivity index (χ4v) is 5.06. The molecule has 11 heteroatoms. The summed E-state index contributed by atoms with van der Waals surface area (Å²) in [7, 11) is 0. The second-order valence-electron chi connectivity index (χ2n) is 10.0. The van der Waals surface area contributed by atoms with Crippen molar-refractivity contribution in [1.29, 1.82) is 0 Å². The smallest absolute Gasteiger partial charge is 0.416 e. The molecule has 202 valence electrons. The number of nitrogens with zero attached hydrogens (tertiary/aromatic N) is 1. The number of aromatic nitrogens is 1. The monoisotopic (exact) mass is 557 g/mol. The highest BCUT2D eigenvalue weighted by atomic mass is 32.1. The Hall–Kier alpha value is -3.99. The fourth-order valence-electron chi connectivity index (χ4n) is 4.17. The lowest BCUT2D eigenvalue weighted by atomic mass is 10.1. The Labute approximate surface area is 225 Å². The average molecular weight is 558 g/mol. The van der Waals surface area contributed by atoms with Crippen molar-refractivity contribution < 1.29 is 31.9 Å². The van der Waals surface area contributed by atoms with E-state index in [1.807, 2.05) is 13.8 Å². The third-order valence-electron chi connectivity index (χ3n) is 6.49. The van der Waals surface area contributed by atoms with Gasteiger partial charge in [0.1, 0.15) is 17.3 Å². The first-order valence-corrected chi connectivity index (χ1v) is 12.8. The molecule has 1 saturated carbocycles. The molecule has 0 unspecified atom stereocenters. The number of carbonyl (C=O) groups is 2. The lowest BCUT2D eigenvalue weighted by Gasteiger charge is -2.11. The van der Waals surface area contributed by atoms with Crippen molar-refractivity contribution in [3.05, 3.63) is 77.6 Å². The van der Waals surface area contributed by atoms with Gasteiger partial charge in [-0.1, -0.05) is 43.4 Å². The standard InChI is InChI=1S/C28H23F4N3O3S/c1-27(2)14-19(27)25(37)35-26-34-21-9-7-18(13-23(21)39-26)38-17-6-8-20(29)22(12-17)33-24(36)11-15-4-3-5-16(10-15)28(30,31)32/h3-10,12-13,19H,11,14H2,1-2H3,(H,33,36)(H,34,35,37)/t19-/m1/s1. The molecule has 1 aromatic heterocycles. The molecule has 39 heavy (non-hydrogen) atoms. The maximum Gasteiger partial charge on any atom is 0.416 e. The summed E-state index contributed by atoms with van der Waals surface area (Å²) in [6, 6.07) is 13.3. The Balaban J connectivity index is 1.25. The Morgan fingerprint density at radius 3 is 2.49 bits per heavy atom. The van der Waals surface area contributed by atoms with Gasteiger partial charge >= 0.3 is 6.18 Å². The first kappa shape index (κ1) is 26.6. The van der Waals surface area contributed by atoms with Gasteiger partial charge in [0.05, 0.1) is 27.9 Å². The predicted molar refractivity (Wildman–Crippen MR) is 140 cm³/mol. The van der Waals surface area contributed by atoms with Gasteiger partial charge in [-0.3, -0.25) is 9.59 Å². The summed E-state index contributed by atoms with van der Waals surface area (Å²) in [5.74, 6) is -0.817. The average Bonchev–Trinajstić information content (AvgIpc) is 3.32. The molecule has 5 rings (SSSR count). The van der Waals surface area contributed by atoms with Crippen LogP contribution in [0.25, 0.3) is 10.2 Å². The molecular weight excluding hydrogens is 534 g/mol. The SMILES string of the molecule is CC1(C)C[C@@H]1C(=O)Nc1nc2ccc(Oc3ccc(F)c(NC(=O)Cc4cccc(C(F)(F)F)c4)c3)cc2s1. The number of hydrogen-bond donors (Lipinski definition) is 2. The van der Waals surface area contributed by atoms with Crippen molar-refractivity contribution in [1.82, 2.24) is 4.98 Å². The minimum atomic E-state index is -4.53. The van der Waals surface area contributed by atoms with Crippen LogP contribution in [0.3, 0.4) is 0 Å². The predicted octanol–water partition coefficient (Wildman–Crippen LogP) is 7.41. The number of thiazole rings is 1. The number of hydrogen-bond acceptors (Lipinski definition) is 5. The van der Waals surface area contributed by atoms with Gasteiger partial charge in [0.2, 0.25) is 11.8 Å². The molecule has 2 N–H and O–H groups in total. The molecule has 4 aromatic rings. The quantitative estimate of drug-likeness (QED) is 0.232. The molecule has 0 saturated heterocycles. The van der Waals surface area contributed by atoms with Crippen LogP contribution in [0.5, 0.6) is 11.5 Å². The van der Waals surface area contributed by atoms with Gasteiger partial charge in [0.15, 0.2) is 5.13 Å². The van der Waals surface area contributed by atoms with Crippen molar-refractivity contribution in [2.45, 2.75) is 32.9 Å². The highest BCUT2D eigenvalue weighted by Gasteiger charge is 2.50. The Morgan fingerprint density at radius 2 is 1.77 bits per heavy atom. The number of ether oxygens (including phenoxy) is 1. The van der Waals surface area contributed by atoms with Crippen LogP contribution in [0.2, 0.25) is 0 Å². The lowest BCUT2D eigenvalue weighted by Crippen LogP contribution is -2.16. The molecule has 1 fully saturated rings. The number of anilines is 2. The zero-order chi connectivity index (χ0) is 27.9. The third-order valence-corrected chi connectivity index (χ3v) is 7.42. The number of alkyl halides is 3. The molecule has 6 nitrogen and oxygen atoms in total. The van der Waals surface area contributed by atoms with E-state index in [2.05, 4.69) is 15.6 Å². The highest BCUT2D eigenvalue weighted by Crippen LogP contribution is 2.52. The van der Waals surface area contributed by atoms with Crippen LogP contribution in [0, 0.1) is 17.2 Å². The Bertz CT molecular complexity index is 1580. The molecule has 1 atom stereocenters. The van der Waals surface area contributed by atoms with Gasteiger partial charge in [-0.25, -0.2) is 9.37 Å². The zero-order valence-electron chi connectivity index (χ0n) is 20.9. The van der Waals surface area contributed by atoms with Crippen LogP contribution in [0.15, 0.2) is 60.7 Å². The maximum absolute atomic E-state index is 14.4. The summed E-state index contributed by atoms with van der Waals surface area (Å²) >= 11 is 1.30. The molecule has 0 aliphatic heterocycles. The van der Waals surface area contributed by atoms with Crippen LogP contribution >= 0.6 is 11.3 Å². The van der Waals surface area contributed by atoms with E-state index in [1.165, 1.54) is 35.6 Å². The summed E-state index contributed by atoms with van der Waals surface area (Å²) in [5, 5.41) is 5.75. The van der Waals surface area contributed by atoms with Crippen LogP contribution in [-0.2, 0) is 22.2 Å². The lowest BCUT2D eigenvalue weighted by molar-refractivity contribution is -0.137. The number of carbonyl (C=O) groups excluding carboxylic acids is 2. The van der Waals surface area contributed by atoms with Crippen LogP contribution in [0.1, 0.15) is 31.4 Å². The van der Waals surface area contributed by atoms with Gasteiger partial charge in [0.25, 0.3) is 0 Å². The molecule has 1 aliphatic carbocycles. The molecule has 0 bridgehead atoms. The van der Waals surface area contributed by atoms with Crippen molar-refractivity contribution in [3.8, 4) is 11.5 Å². The zero-order valence-corrected chi connectivity index (χ0v) is 21.7. The van der Waals surface area contributed by atoms with Gasteiger partial charge in [-0.2, -0.15) is 13.2 Å². The summed E-state index contributed by atoms with van der Waals surface area (Å²) in [5.41, 5.74) is -0.207. The van der Waals surface area contributed by atoms with Gasteiger partial charge in [-0.15, -0.1) is 0 Å². The van der Waals surface area contributed by atoms with Gasteiger partial charge < -0.3 is 15.4 Å². The van der Waals surface area contributed by atoms with E-state index >= 15 is 0 Å². The number of nitrogens with one attached hydrogen (secondary N) is 2. The Morgan fingerprint density at radius 1 is 1.05 bits per heavy atom. The minimum Gasteiger partial charge on any atom is -0.457 e. The number of benzene rings is 3. The summed E-state index contributed by atoms with van der Waals surface area (Å²) < 4.78 is 59.8. The topological polar surface area (TPSA) is 80.3 Å². The first-order valence-electron chi connectivity index (χ1n) is 12.0. The summed E-state index contributed by atoms with van der Waals surface area (Å²) in [4.78, 5) is 29.3. The molecule has 0 radical (unpaired) electrons. The Kier molecular flexibility index (Phi) is 6.79. The van der Waals surface area contributed by atoms with Crippen LogP contribution < -0.4 is 15.4 Å². The van der Waals surface area contributed by atoms with E-state index in [0.717, 1.165) is 29.3 Å². The van der Waals surface area contributed by atoms with E-state index in [1.54, 1.807) is 18.2 Å². The van der Waals surface area contributed by atoms with E-state index in [4.69, 9.17) is 4.74 Å². The highest BCUT2D eigenvalue weighted by molar-refractivity contribution is 7.22. The van der Waals surface area contributed by atoms with E-state index < -0.39 is 23.5 Å². The normalized spacial score (nSPS) is 16.1. The fraction of sp³-hybridized carbons (Fsp3) is 0.250. The first-order chi connectivity index (χ1) is 18.4. The second-order valence-corrected chi connectivity index (χ2v) is 11.1. The van der Waals surface area contributed by atoms with Crippen LogP contribution in [-0.4, -0.2) is 16.8 Å². The van der Waals surface area contributed by atoms with Crippen molar-refractivity contribution >= 4 is 44.2 Å². The number of halogens is 4. The van der Waals surface area contributed by atoms with E-state index in [0.29, 0.717) is 16.4 Å². The van der Waals surface area contributed by atoms with Crippen molar-refractivity contribution in [3.63, 3.8) is 0 Å². The largest absolute Gasteiger partial charge is 0.457 e. The van der Waals surface area contributed by atoms with E-state index in [9.17, 15) is 27.2 Å². The molecule has 2 amide bonds. The number of fused-ring (bicyclic) bond motifs is 1. The molecule has 0 spiro atoms. The summed E-state index contributed by atoms with van der Waals surface area (Å²) in [6.07, 6.45) is -4.06. The van der Waals surface area contributed by atoms with Crippen molar-refractivity contribution in [2.75, 3.05) is 10.6 Å². The maximum atomic E-state index is 14.4. The summed E-state index contributed by atoms with van der Waals surface area (Å²) in [6.45, 7) is 4.09. The number of rotatable bonds is 7. The second kappa shape index (κ2) is 9.96. The van der Waals surface area contributed by atoms with Crippen molar-refractivity contribution in [2.24, 2.45) is 11.3 Å².